The lowest BCUT2D eigenvalue weighted by molar-refractivity contribution is 0.190. The summed E-state index contributed by atoms with van der Waals surface area (Å²) in [6.07, 6.45) is 1.95. The van der Waals surface area contributed by atoms with Crippen LogP contribution in [0.1, 0.15) is 11.1 Å². The molecule has 0 unspecified atom stereocenters. The molecule has 0 saturated heterocycles. The van der Waals surface area contributed by atoms with Gasteiger partial charge in [-0.2, -0.15) is 0 Å². The molecule has 1 aromatic rings. The molecule has 86 valence electrons. The Hall–Kier alpha value is -0.650. The third-order valence-corrected chi connectivity index (χ3v) is 5.56. The predicted molar refractivity (Wildman–Crippen MR) is 69.3 cm³/mol. The Morgan fingerprint density at radius 1 is 1.50 bits per heavy atom. The summed E-state index contributed by atoms with van der Waals surface area (Å²) in [5.41, 5.74) is 2.75. The van der Waals surface area contributed by atoms with Gasteiger partial charge in [-0.25, -0.2) is 0 Å². The van der Waals surface area contributed by atoms with Crippen LogP contribution < -0.4 is 0 Å². The van der Waals surface area contributed by atoms with Gasteiger partial charge in [-0.05, 0) is 11.8 Å². The lowest BCUT2D eigenvalue weighted by Crippen LogP contribution is -2.37. The highest BCUT2D eigenvalue weighted by atomic mass is 32.2. The van der Waals surface area contributed by atoms with Crippen LogP contribution in [0.5, 0.6) is 0 Å². The summed E-state index contributed by atoms with van der Waals surface area (Å²) in [5, 5.41) is 12.7. The maximum Gasteiger partial charge on any atom is 0.207 e. The Balaban J connectivity index is 2.53. The Morgan fingerprint density at radius 3 is 2.88 bits per heavy atom. The van der Waals surface area contributed by atoms with Crippen LogP contribution in [0.2, 0.25) is 0 Å². The van der Waals surface area contributed by atoms with Crippen molar-refractivity contribution in [3.05, 3.63) is 35.4 Å². The second-order valence-electron chi connectivity index (χ2n) is 3.36. The van der Waals surface area contributed by atoms with Gasteiger partial charge in [0.2, 0.25) is 4.27 Å². The number of hydrogen-bond donors (Lipinski definition) is 1. The van der Waals surface area contributed by atoms with E-state index in [0.717, 1.165) is 11.3 Å². The van der Waals surface area contributed by atoms with Gasteiger partial charge in [0.15, 0.2) is 0 Å². The number of nitrogens with zero attached hydrogens (tertiary/aromatic N) is 1. The topological polar surface area (TPSA) is 41.8 Å². The SMILES string of the molecule is CO[C@]1(SC)SCc2ccccc2/C1=N/O. The van der Waals surface area contributed by atoms with E-state index in [1.165, 1.54) is 17.3 Å². The first-order valence-electron chi connectivity index (χ1n) is 4.82. The number of fused-ring (bicyclic) bond motifs is 1. The summed E-state index contributed by atoms with van der Waals surface area (Å²) in [4.78, 5) is 0. The zero-order chi connectivity index (χ0) is 11.6. The monoisotopic (exact) mass is 255 g/mol. The fourth-order valence-electron chi connectivity index (χ4n) is 1.79. The average Bonchev–Trinajstić information content (AvgIpc) is 2.37. The number of ether oxygens (including phenoxy) is 1. The lowest BCUT2D eigenvalue weighted by Gasteiger charge is -2.34. The first-order chi connectivity index (χ1) is 7.77. The van der Waals surface area contributed by atoms with E-state index < -0.39 is 4.27 Å². The van der Waals surface area contributed by atoms with Crippen molar-refractivity contribution in [1.82, 2.24) is 0 Å². The van der Waals surface area contributed by atoms with Gasteiger partial charge in [-0.15, -0.1) is 23.5 Å². The van der Waals surface area contributed by atoms with Crippen LogP contribution in [0.3, 0.4) is 0 Å². The van der Waals surface area contributed by atoms with E-state index in [0.29, 0.717) is 5.71 Å². The van der Waals surface area contributed by atoms with E-state index in [4.69, 9.17) is 4.74 Å². The van der Waals surface area contributed by atoms with E-state index in [1.54, 1.807) is 18.9 Å². The molecular weight excluding hydrogens is 242 g/mol. The van der Waals surface area contributed by atoms with Crippen molar-refractivity contribution >= 4 is 29.2 Å². The van der Waals surface area contributed by atoms with Crippen LogP contribution in [0.4, 0.5) is 0 Å². The second kappa shape index (κ2) is 4.69. The van der Waals surface area contributed by atoms with Crippen LogP contribution in [-0.2, 0) is 10.5 Å². The second-order valence-corrected chi connectivity index (χ2v) is 5.75. The third-order valence-electron chi connectivity index (χ3n) is 2.62. The molecule has 1 atom stereocenters. The molecule has 0 saturated carbocycles. The lowest BCUT2D eigenvalue weighted by atomic mass is 10.0. The van der Waals surface area contributed by atoms with Crippen molar-refractivity contribution in [1.29, 1.82) is 0 Å². The van der Waals surface area contributed by atoms with Crippen LogP contribution >= 0.6 is 23.5 Å². The molecule has 1 heterocycles. The van der Waals surface area contributed by atoms with Crippen molar-refractivity contribution in [3.63, 3.8) is 0 Å². The summed E-state index contributed by atoms with van der Waals surface area (Å²) in [6.45, 7) is 0. The first kappa shape index (κ1) is 11.8. The molecule has 5 heteroatoms. The van der Waals surface area contributed by atoms with Gasteiger partial charge >= 0.3 is 0 Å². The van der Waals surface area contributed by atoms with Gasteiger partial charge in [-0.3, -0.25) is 0 Å². The molecule has 1 aromatic carbocycles. The fraction of sp³-hybridized carbons (Fsp3) is 0.364. The van der Waals surface area contributed by atoms with Gasteiger partial charge in [0.1, 0.15) is 5.71 Å². The van der Waals surface area contributed by atoms with Gasteiger partial charge in [0, 0.05) is 18.4 Å². The number of rotatable bonds is 2. The van der Waals surface area contributed by atoms with E-state index in [1.807, 2.05) is 30.5 Å². The summed E-state index contributed by atoms with van der Waals surface area (Å²) in [5.74, 6) is 0.865. The summed E-state index contributed by atoms with van der Waals surface area (Å²) in [6, 6.07) is 7.95. The maximum atomic E-state index is 9.22. The minimum absolute atomic E-state index is 0.592. The van der Waals surface area contributed by atoms with Crippen molar-refractivity contribution in [3.8, 4) is 0 Å². The quantitative estimate of drug-likeness (QED) is 0.501. The first-order valence-corrected chi connectivity index (χ1v) is 7.03. The number of methoxy groups -OCH3 is 1. The molecule has 16 heavy (non-hydrogen) atoms. The number of hydrogen-bond acceptors (Lipinski definition) is 5. The normalized spacial score (nSPS) is 26.8. The maximum absolute atomic E-state index is 9.22. The van der Waals surface area contributed by atoms with Crippen LogP contribution in [0.15, 0.2) is 29.4 Å². The fourth-order valence-corrected chi connectivity index (χ4v) is 3.95. The number of benzene rings is 1. The summed E-state index contributed by atoms with van der Waals surface area (Å²) in [7, 11) is 1.64. The van der Waals surface area contributed by atoms with E-state index >= 15 is 0 Å². The van der Waals surface area contributed by atoms with Crippen molar-refractivity contribution in [2.45, 2.75) is 10.0 Å². The standard InChI is InChI=1S/C11H13NO2S2/c1-14-11(15-2)10(12-13)9-6-4-3-5-8(9)7-16-11/h3-6,13H,7H2,1-2H3/b12-10-/t11-/m1/s1. The van der Waals surface area contributed by atoms with Crippen molar-refractivity contribution < 1.29 is 9.94 Å². The zero-order valence-corrected chi connectivity index (χ0v) is 10.8. The van der Waals surface area contributed by atoms with Gasteiger partial charge in [0.05, 0.1) is 0 Å². The molecule has 1 N–H and O–H groups in total. The van der Waals surface area contributed by atoms with E-state index in [-0.39, 0.29) is 0 Å². The highest BCUT2D eigenvalue weighted by molar-refractivity contribution is 8.18. The molecular formula is C11H13NO2S2. The number of oxime groups is 1. The van der Waals surface area contributed by atoms with Crippen LogP contribution in [0, 0.1) is 0 Å². The molecule has 0 aromatic heterocycles. The molecule has 0 fully saturated rings. The van der Waals surface area contributed by atoms with Crippen molar-refractivity contribution in [2.24, 2.45) is 5.16 Å². The molecule has 3 nitrogen and oxygen atoms in total. The van der Waals surface area contributed by atoms with E-state index in [9.17, 15) is 5.21 Å². The zero-order valence-electron chi connectivity index (χ0n) is 9.14. The van der Waals surface area contributed by atoms with Crippen LogP contribution in [0.25, 0.3) is 0 Å². The molecule has 0 bridgehead atoms. The largest absolute Gasteiger partial charge is 0.410 e. The molecule has 0 radical (unpaired) electrons. The Labute approximate surface area is 103 Å². The van der Waals surface area contributed by atoms with Gasteiger partial charge < -0.3 is 9.94 Å². The highest BCUT2D eigenvalue weighted by Crippen LogP contribution is 2.45. The Morgan fingerprint density at radius 2 is 2.25 bits per heavy atom. The van der Waals surface area contributed by atoms with Gasteiger partial charge in [0.25, 0.3) is 0 Å². The Kier molecular flexibility index (Phi) is 3.47. The number of thioether (sulfide) groups is 2. The molecule has 1 aliphatic heterocycles. The van der Waals surface area contributed by atoms with Crippen LogP contribution in [-0.4, -0.2) is 28.5 Å². The minimum atomic E-state index is -0.594. The third kappa shape index (κ3) is 1.73. The molecule has 1 aliphatic rings. The van der Waals surface area contributed by atoms with Crippen molar-refractivity contribution in [2.75, 3.05) is 13.4 Å². The predicted octanol–water partition coefficient (Wildman–Crippen LogP) is 2.77. The minimum Gasteiger partial charge on any atom is -0.410 e. The molecule has 0 spiro atoms. The van der Waals surface area contributed by atoms with E-state index in [2.05, 4.69) is 5.16 Å². The molecule has 0 aliphatic carbocycles. The average molecular weight is 255 g/mol. The molecule has 0 amide bonds. The van der Waals surface area contributed by atoms with Gasteiger partial charge in [-0.1, -0.05) is 29.4 Å². The summed E-state index contributed by atoms with van der Waals surface area (Å²) >= 11 is 3.18. The molecule has 2 rings (SSSR count). The smallest absolute Gasteiger partial charge is 0.207 e. The summed E-state index contributed by atoms with van der Waals surface area (Å²) < 4.78 is 4.93. The Bertz CT molecular complexity index is 416. The highest BCUT2D eigenvalue weighted by Gasteiger charge is 2.41.